The minimum absolute atomic E-state index is 0.696. The van der Waals surface area contributed by atoms with Crippen molar-refractivity contribution in [2.24, 2.45) is 0 Å². The number of carbonyl (C=O) groups is 2. The molecule has 0 aliphatic heterocycles. The highest BCUT2D eigenvalue weighted by molar-refractivity contribution is 5.77. The van der Waals surface area contributed by atoms with Crippen LogP contribution in [0, 0.1) is 0 Å². The van der Waals surface area contributed by atoms with Crippen molar-refractivity contribution in [2.45, 2.75) is 19.2 Å². The van der Waals surface area contributed by atoms with Gasteiger partial charge in [0.05, 0.1) is 0 Å². The molecular formula is C5H5F3O4. The third-order valence-corrected chi connectivity index (χ3v) is 0.805. The van der Waals surface area contributed by atoms with E-state index < -0.39 is 24.2 Å². The molecule has 0 aromatic rings. The lowest BCUT2D eigenvalue weighted by atomic mass is 10.3. The molecule has 0 aromatic carbocycles. The number of rotatable bonds is 2. The summed E-state index contributed by atoms with van der Waals surface area (Å²) in [4.78, 5) is 19.9. The average molecular weight is 186 g/mol. The summed E-state index contributed by atoms with van der Waals surface area (Å²) in [5.74, 6) is -3.53. The fraction of sp³-hybridized carbons (Fsp3) is 0.600. The molecule has 0 saturated heterocycles. The first-order chi connectivity index (χ1) is 5.25. The Morgan fingerprint density at radius 3 is 1.92 bits per heavy atom. The smallest absolute Gasteiger partial charge is 0.436 e. The van der Waals surface area contributed by atoms with Gasteiger partial charge >= 0.3 is 18.1 Å². The van der Waals surface area contributed by atoms with Crippen molar-refractivity contribution >= 4 is 11.9 Å². The first-order valence-electron chi connectivity index (χ1n) is 2.72. The number of carboxylic acid groups (broad SMARTS) is 1. The Balaban J connectivity index is 4.46. The number of hydrogen-bond donors (Lipinski definition) is 1. The Morgan fingerprint density at radius 2 is 1.83 bits per heavy atom. The minimum Gasteiger partial charge on any atom is -0.478 e. The Bertz CT molecular complexity index is 197. The van der Waals surface area contributed by atoms with Crippen LogP contribution in [0.15, 0.2) is 0 Å². The summed E-state index contributed by atoms with van der Waals surface area (Å²) in [7, 11) is 0. The Kier molecular flexibility index (Phi) is 3.06. The van der Waals surface area contributed by atoms with Crippen molar-refractivity contribution in [1.82, 2.24) is 0 Å². The van der Waals surface area contributed by atoms with Gasteiger partial charge in [-0.3, -0.25) is 4.79 Å². The quantitative estimate of drug-likeness (QED) is 0.640. The van der Waals surface area contributed by atoms with Crippen LogP contribution < -0.4 is 0 Å². The van der Waals surface area contributed by atoms with E-state index in [4.69, 9.17) is 5.11 Å². The highest BCUT2D eigenvalue weighted by Crippen LogP contribution is 2.23. The first-order valence-corrected chi connectivity index (χ1v) is 2.72. The first kappa shape index (κ1) is 10.7. The van der Waals surface area contributed by atoms with Gasteiger partial charge in [-0.1, -0.05) is 0 Å². The molecule has 0 spiro atoms. The summed E-state index contributed by atoms with van der Waals surface area (Å²) in [6, 6.07) is 0. The van der Waals surface area contributed by atoms with Crippen LogP contribution in [0.4, 0.5) is 13.2 Å². The molecule has 12 heavy (non-hydrogen) atoms. The van der Waals surface area contributed by atoms with E-state index in [0.717, 1.165) is 0 Å². The molecule has 4 nitrogen and oxygen atoms in total. The van der Waals surface area contributed by atoms with E-state index >= 15 is 0 Å². The van der Waals surface area contributed by atoms with E-state index in [1.54, 1.807) is 0 Å². The van der Waals surface area contributed by atoms with E-state index in [1.165, 1.54) is 0 Å². The molecule has 1 atom stereocenters. The fourth-order valence-electron chi connectivity index (χ4n) is 0.423. The van der Waals surface area contributed by atoms with Crippen LogP contribution in [0.2, 0.25) is 0 Å². The number of hydrogen-bond acceptors (Lipinski definition) is 3. The number of esters is 1. The van der Waals surface area contributed by atoms with Gasteiger partial charge in [0.2, 0.25) is 0 Å². The van der Waals surface area contributed by atoms with Crippen molar-refractivity contribution in [3.8, 4) is 0 Å². The number of carbonyl (C=O) groups excluding carboxylic acids is 1. The van der Waals surface area contributed by atoms with Crippen LogP contribution in [0.25, 0.3) is 0 Å². The van der Waals surface area contributed by atoms with Gasteiger partial charge in [0, 0.05) is 6.92 Å². The van der Waals surface area contributed by atoms with Gasteiger partial charge in [-0.15, -0.1) is 0 Å². The van der Waals surface area contributed by atoms with Crippen LogP contribution >= 0.6 is 0 Å². The molecule has 0 saturated carbocycles. The minimum atomic E-state index is -5.07. The van der Waals surface area contributed by atoms with Crippen molar-refractivity contribution in [3.05, 3.63) is 0 Å². The lowest BCUT2D eigenvalue weighted by Gasteiger charge is -2.14. The van der Waals surface area contributed by atoms with E-state index in [2.05, 4.69) is 4.74 Å². The maximum Gasteiger partial charge on any atom is 0.436 e. The molecular weight excluding hydrogens is 181 g/mol. The summed E-state index contributed by atoms with van der Waals surface area (Å²) in [6.45, 7) is 0.696. The van der Waals surface area contributed by atoms with Crippen molar-refractivity contribution in [1.29, 1.82) is 0 Å². The molecule has 7 heteroatoms. The number of ether oxygens (including phenoxy) is 1. The maximum atomic E-state index is 11.7. The molecule has 0 heterocycles. The van der Waals surface area contributed by atoms with E-state index in [1.807, 2.05) is 0 Å². The second-order valence-corrected chi connectivity index (χ2v) is 1.87. The number of carboxylic acids is 1. The van der Waals surface area contributed by atoms with Gasteiger partial charge in [-0.05, 0) is 0 Å². The van der Waals surface area contributed by atoms with Crippen LogP contribution in [0.5, 0.6) is 0 Å². The predicted molar refractivity (Wildman–Crippen MR) is 29.2 cm³/mol. The van der Waals surface area contributed by atoms with Crippen LogP contribution in [0.1, 0.15) is 6.92 Å². The maximum absolute atomic E-state index is 11.7. The normalized spacial score (nSPS) is 13.7. The highest BCUT2D eigenvalue weighted by atomic mass is 19.4. The fourth-order valence-corrected chi connectivity index (χ4v) is 0.423. The zero-order chi connectivity index (χ0) is 9.94. The number of aliphatic carboxylic acids is 1. The van der Waals surface area contributed by atoms with Crippen LogP contribution in [-0.4, -0.2) is 29.3 Å². The molecule has 0 radical (unpaired) electrons. The van der Waals surface area contributed by atoms with Gasteiger partial charge in [0.25, 0.3) is 6.10 Å². The molecule has 0 aliphatic rings. The van der Waals surface area contributed by atoms with E-state index in [0.29, 0.717) is 6.92 Å². The van der Waals surface area contributed by atoms with E-state index in [9.17, 15) is 22.8 Å². The summed E-state index contributed by atoms with van der Waals surface area (Å²) in [5.41, 5.74) is 0. The molecule has 0 rings (SSSR count). The summed E-state index contributed by atoms with van der Waals surface area (Å²) >= 11 is 0. The second kappa shape index (κ2) is 3.42. The number of halogens is 3. The van der Waals surface area contributed by atoms with E-state index in [-0.39, 0.29) is 0 Å². The zero-order valence-corrected chi connectivity index (χ0v) is 5.88. The van der Waals surface area contributed by atoms with Crippen molar-refractivity contribution in [2.75, 3.05) is 0 Å². The van der Waals surface area contributed by atoms with Gasteiger partial charge in [0.1, 0.15) is 0 Å². The third-order valence-electron chi connectivity index (χ3n) is 0.805. The summed E-state index contributed by atoms with van der Waals surface area (Å²) in [6.07, 6.45) is -8.15. The second-order valence-electron chi connectivity index (χ2n) is 1.87. The topological polar surface area (TPSA) is 63.6 Å². The monoisotopic (exact) mass is 186 g/mol. The standard InChI is InChI=1S/C5H5F3O4/c1-2(9)12-3(4(10)11)5(6,7)8/h3H,1H3,(H,10,11)/t3-/m1/s1. The molecule has 0 fully saturated rings. The van der Waals surface area contributed by atoms with Crippen molar-refractivity contribution in [3.63, 3.8) is 0 Å². The Labute approximate surface area is 64.9 Å². The predicted octanol–water partition coefficient (Wildman–Crippen LogP) is 0.565. The molecule has 1 N–H and O–H groups in total. The molecule has 70 valence electrons. The van der Waals surface area contributed by atoms with Gasteiger partial charge in [-0.25, -0.2) is 4.79 Å². The third kappa shape index (κ3) is 3.22. The summed E-state index contributed by atoms with van der Waals surface area (Å²) in [5, 5.41) is 7.96. The molecule has 0 aromatic heterocycles. The largest absolute Gasteiger partial charge is 0.478 e. The van der Waals surface area contributed by atoms with Gasteiger partial charge in [-0.2, -0.15) is 13.2 Å². The van der Waals surface area contributed by atoms with Crippen LogP contribution in [-0.2, 0) is 14.3 Å². The Morgan fingerprint density at radius 1 is 1.42 bits per heavy atom. The number of alkyl halides is 3. The molecule has 0 unspecified atom stereocenters. The Hall–Kier alpha value is -1.27. The highest BCUT2D eigenvalue weighted by Gasteiger charge is 2.48. The lowest BCUT2D eigenvalue weighted by Crippen LogP contribution is -2.40. The van der Waals surface area contributed by atoms with Gasteiger partial charge < -0.3 is 9.84 Å². The van der Waals surface area contributed by atoms with Crippen molar-refractivity contribution < 1.29 is 32.6 Å². The van der Waals surface area contributed by atoms with Gasteiger partial charge in [0.15, 0.2) is 0 Å². The molecule has 0 amide bonds. The SMILES string of the molecule is CC(=O)O[C@H](C(=O)O)C(F)(F)F. The summed E-state index contributed by atoms with van der Waals surface area (Å²) < 4.78 is 38.5. The molecule has 0 bridgehead atoms. The zero-order valence-electron chi connectivity index (χ0n) is 5.88. The molecule has 0 aliphatic carbocycles. The average Bonchev–Trinajstić information content (AvgIpc) is 1.79. The van der Waals surface area contributed by atoms with Crippen LogP contribution in [0.3, 0.4) is 0 Å². The lowest BCUT2D eigenvalue weighted by molar-refractivity contribution is -0.226.